The number of rotatable bonds is 3. The smallest absolute Gasteiger partial charge is 0.180 e. The van der Waals surface area contributed by atoms with E-state index >= 15 is 0 Å². The Labute approximate surface area is 98.6 Å². The highest BCUT2D eigenvalue weighted by Gasteiger charge is 2.14. The Morgan fingerprint density at radius 3 is 3.00 bits per heavy atom. The van der Waals surface area contributed by atoms with Gasteiger partial charge >= 0.3 is 0 Å². The van der Waals surface area contributed by atoms with Crippen molar-refractivity contribution in [2.45, 2.75) is 13.3 Å². The van der Waals surface area contributed by atoms with Crippen LogP contribution in [0.5, 0.6) is 0 Å². The van der Waals surface area contributed by atoms with E-state index in [-0.39, 0.29) is 5.78 Å². The van der Waals surface area contributed by atoms with Crippen molar-refractivity contribution >= 4 is 33.2 Å². The largest absolute Gasteiger partial charge is 0.457 e. The van der Waals surface area contributed by atoms with Crippen molar-refractivity contribution in [3.63, 3.8) is 0 Å². The Bertz CT molecular complexity index is 492. The first kappa shape index (κ1) is 10.5. The third kappa shape index (κ3) is 2.32. The summed E-state index contributed by atoms with van der Waals surface area (Å²) >= 11 is 4.32. The Kier molecular flexibility index (Phi) is 2.97. The molecule has 0 bridgehead atoms. The first-order chi connectivity index (χ1) is 7.16. The molecule has 4 nitrogen and oxygen atoms in total. The molecule has 0 fully saturated rings. The molecule has 0 aliphatic heterocycles. The number of nitrogens with zero attached hydrogens (tertiary/aromatic N) is 2. The molecule has 2 heterocycles. The second-order valence-corrected chi connectivity index (χ2v) is 4.58. The van der Waals surface area contributed by atoms with Gasteiger partial charge in [-0.2, -0.15) is 0 Å². The zero-order valence-electron chi connectivity index (χ0n) is 7.86. The van der Waals surface area contributed by atoms with Crippen molar-refractivity contribution in [3.05, 3.63) is 33.1 Å². The molecule has 15 heavy (non-hydrogen) atoms. The van der Waals surface area contributed by atoms with Gasteiger partial charge in [0.1, 0.15) is 4.88 Å². The number of furan rings is 1. The van der Waals surface area contributed by atoms with E-state index in [0.717, 1.165) is 17.1 Å². The van der Waals surface area contributed by atoms with E-state index in [4.69, 9.17) is 4.42 Å². The van der Waals surface area contributed by atoms with Gasteiger partial charge in [-0.3, -0.25) is 4.79 Å². The maximum atomic E-state index is 11.8. The number of ketones is 1. The number of aromatic nitrogens is 2. The second kappa shape index (κ2) is 4.24. The van der Waals surface area contributed by atoms with E-state index < -0.39 is 0 Å². The predicted octanol–water partition coefficient (Wildman–Crippen LogP) is 2.63. The summed E-state index contributed by atoms with van der Waals surface area (Å²) in [6, 6.07) is 1.78. The summed E-state index contributed by atoms with van der Waals surface area (Å²) in [4.78, 5) is 12.4. The van der Waals surface area contributed by atoms with Crippen molar-refractivity contribution in [2.24, 2.45) is 0 Å². The van der Waals surface area contributed by atoms with E-state index in [1.54, 1.807) is 19.3 Å². The molecule has 0 saturated carbocycles. The minimum Gasteiger partial charge on any atom is -0.457 e. The van der Waals surface area contributed by atoms with Crippen molar-refractivity contribution in [3.8, 4) is 0 Å². The van der Waals surface area contributed by atoms with Crippen molar-refractivity contribution in [1.82, 2.24) is 9.59 Å². The van der Waals surface area contributed by atoms with Gasteiger partial charge < -0.3 is 4.42 Å². The molecular weight excluding hydrogens is 280 g/mol. The minimum atomic E-state index is 0.0239. The number of carbonyl (C=O) groups excluding carboxylic acids is 1. The highest BCUT2D eigenvalue weighted by Crippen LogP contribution is 2.18. The first-order valence-corrected chi connectivity index (χ1v) is 5.78. The van der Waals surface area contributed by atoms with Gasteiger partial charge in [0.15, 0.2) is 10.5 Å². The highest BCUT2D eigenvalue weighted by molar-refractivity contribution is 9.10. The molecule has 0 radical (unpaired) electrons. The Morgan fingerprint density at radius 1 is 1.67 bits per heavy atom. The topological polar surface area (TPSA) is 56.0 Å². The van der Waals surface area contributed by atoms with Gasteiger partial charge in [-0.25, -0.2) is 0 Å². The zero-order chi connectivity index (χ0) is 10.8. The first-order valence-electron chi connectivity index (χ1n) is 4.22. The van der Waals surface area contributed by atoms with Crippen molar-refractivity contribution in [1.29, 1.82) is 0 Å². The van der Waals surface area contributed by atoms with Gasteiger partial charge in [-0.1, -0.05) is 4.49 Å². The van der Waals surface area contributed by atoms with Gasteiger partial charge in [0.25, 0.3) is 0 Å². The van der Waals surface area contributed by atoms with Crippen molar-refractivity contribution < 1.29 is 9.21 Å². The van der Waals surface area contributed by atoms with Crippen LogP contribution >= 0.6 is 27.5 Å². The van der Waals surface area contributed by atoms with E-state index in [9.17, 15) is 4.79 Å². The molecule has 0 amide bonds. The fourth-order valence-corrected chi connectivity index (χ4v) is 2.17. The van der Waals surface area contributed by atoms with E-state index in [1.807, 2.05) is 0 Å². The van der Waals surface area contributed by atoms with E-state index in [2.05, 4.69) is 25.5 Å². The molecule has 0 aliphatic rings. The third-order valence-corrected chi connectivity index (χ3v) is 3.18. The Morgan fingerprint density at radius 2 is 2.47 bits per heavy atom. The summed E-state index contributed by atoms with van der Waals surface area (Å²) in [5, 5.41) is 3.80. The van der Waals surface area contributed by atoms with Crippen LogP contribution in [-0.4, -0.2) is 15.4 Å². The molecule has 0 saturated heterocycles. The summed E-state index contributed by atoms with van der Waals surface area (Å²) in [5.41, 5.74) is 1.53. The number of aryl methyl sites for hydroxylation is 1. The zero-order valence-corrected chi connectivity index (χ0v) is 10.3. The molecule has 0 N–H and O–H groups in total. The maximum absolute atomic E-state index is 11.8. The normalized spacial score (nSPS) is 10.5. The van der Waals surface area contributed by atoms with Crippen LogP contribution in [0.25, 0.3) is 0 Å². The predicted molar refractivity (Wildman–Crippen MR) is 59.1 cm³/mol. The Hall–Kier alpha value is -1.01. The lowest BCUT2D eigenvalue weighted by atomic mass is 10.1. The monoisotopic (exact) mass is 286 g/mol. The average molecular weight is 287 g/mol. The van der Waals surface area contributed by atoms with E-state index in [1.165, 1.54) is 0 Å². The minimum absolute atomic E-state index is 0.0239. The third-order valence-electron chi connectivity index (χ3n) is 1.89. The van der Waals surface area contributed by atoms with Crippen LogP contribution in [0.15, 0.2) is 21.4 Å². The summed E-state index contributed by atoms with van der Waals surface area (Å²) in [6.07, 6.45) is 1.88. The fraction of sp³-hybridized carbons (Fsp3) is 0.222. The van der Waals surface area contributed by atoms with E-state index in [0.29, 0.717) is 21.7 Å². The summed E-state index contributed by atoms with van der Waals surface area (Å²) in [5.74, 6) is 0.0239. The second-order valence-electron chi connectivity index (χ2n) is 3.05. The molecule has 0 aliphatic carbocycles. The lowest BCUT2D eigenvalue weighted by Crippen LogP contribution is -2.02. The van der Waals surface area contributed by atoms with Gasteiger partial charge in [-0.05, 0) is 46.0 Å². The molecule has 6 heteroatoms. The number of halogens is 1. The Balaban J connectivity index is 2.14. The molecule has 0 unspecified atom stereocenters. The number of Topliss-reactive ketones (excluding diaryl/α,β-unsaturated/α-hetero) is 1. The molecule has 2 aromatic heterocycles. The molecule has 0 spiro atoms. The van der Waals surface area contributed by atoms with Crippen LogP contribution in [0, 0.1) is 6.92 Å². The summed E-state index contributed by atoms with van der Waals surface area (Å²) in [7, 11) is 0. The van der Waals surface area contributed by atoms with Crippen LogP contribution in [-0.2, 0) is 6.42 Å². The van der Waals surface area contributed by atoms with Crippen LogP contribution in [0.2, 0.25) is 0 Å². The van der Waals surface area contributed by atoms with Crippen molar-refractivity contribution in [2.75, 3.05) is 0 Å². The molecule has 2 aromatic rings. The van der Waals surface area contributed by atoms with Crippen LogP contribution in [0.3, 0.4) is 0 Å². The lowest BCUT2D eigenvalue weighted by molar-refractivity contribution is 0.0996. The van der Waals surface area contributed by atoms with Crippen LogP contribution < -0.4 is 0 Å². The van der Waals surface area contributed by atoms with Crippen LogP contribution in [0.1, 0.15) is 20.9 Å². The molecular formula is C9H7BrN2O2S. The van der Waals surface area contributed by atoms with Crippen LogP contribution in [0.4, 0.5) is 0 Å². The maximum Gasteiger partial charge on any atom is 0.180 e. The van der Waals surface area contributed by atoms with Gasteiger partial charge in [0.05, 0.1) is 12.0 Å². The molecule has 2 rings (SSSR count). The molecule has 78 valence electrons. The molecule has 0 aromatic carbocycles. The number of hydrogen-bond donors (Lipinski definition) is 0. The average Bonchev–Trinajstić information content (AvgIpc) is 2.75. The highest BCUT2D eigenvalue weighted by atomic mass is 79.9. The summed E-state index contributed by atoms with van der Waals surface area (Å²) in [6.45, 7) is 1.78. The molecule has 0 atom stereocenters. The van der Waals surface area contributed by atoms with Gasteiger partial charge in [0.2, 0.25) is 0 Å². The number of carbonyl (C=O) groups is 1. The fourth-order valence-electron chi connectivity index (χ4n) is 1.19. The lowest BCUT2D eigenvalue weighted by Gasteiger charge is -1.93. The summed E-state index contributed by atoms with van der Waals surface area (Å²) < 4.78 is 9.41. The standard InChI is InChI=1S/C9H7BrN2O2S/c1-5-9(15-12-11-5)7(13)2-6-3-8(10)14-4-6/h3-4H,2H2,1H3. The van der Waals surface area contributed by atoms with Gasteiger partial charge in [-0.15, -0.1) is 5.10 Å². The SMILES string of the molecule is Cc1nnsc1C(=O)Cc1coc(Br)c1. The quantitative estimate of drug-likeness (QED) is 0.814. The van der Waals surface area contributed by atoms with Gasteiger partial charge in [0, 0.05) is 6.42 Å². The number of hydrogen-bond acceptors (Lipinski definition) is 5.